The number of nitrogens with one attached hydrogen (secondary N) is 1. The first-order valence-corrected chi connectivity index (χ1v) is 14.2. The number of H-pyrrole nitrogens is 1. The molecule has 0 aliphatic carbocycles. The zero-order valence-electron chi connectivity index (χ0n) is 21.6. The summed E-state index contributed by atoms with van der Waals surface area (Å²) in [4.78, 5) is 23.3. The molecule has 5 aromatic rings. The second-order valence-corrected chi connectivity index (χ2v) is 11.7. The van der Waals surface area contributed by atoms with E-state index in [1.807, 2.05) is 38.1 Å². The second kappa shape index (κ2) is 9.71. The van der Waals surface area contributed by atoms with Crippen LogP contribution in [0.3, 0.4) is 0 Å². The molecule has 1 aliphatic heterocycles. The topological polar surface area (TPSA) is 92.4 Å². The Balaban J connectivity index is 1.24. The molecule has 0 saturated heterocycles. The van der Waals surface area contributed by atoms with Crippen molar-refractivity contribution in [3.8, 4) is 16.9 Å². The van der Waals surface area contributed by atoms with Crippen LogP contribution in [0.1, 0.15) is 27.3 Å². The Labute approximate surface area is 227 Å². The fraction of sp³-hybridized carbons (Fsp3) is 0.161. The number of nitrogens with zero attached hydrogens (tertiary/aromatic N) is 2. The predicted molar refractivity (Wildman–Crippen MR) is 150 cm³/mol. The number of carbonyl (C=O) groups excluding carboxylic acids is 1. The number of imidazole rings is 1. The molecule has 4 aromatic carbocycles. The molecular formula is C31H27N3O4S. The first-order chi connectivity index (χ1) is 18.8. The van der Waals surface area contributed by atoms with E-state index in [2.05, 4.69) is 22.1 Å². The fourth-order valence-electron chi connectivity index (χ4n) is 4.88. The number of aryl methyl sites for hydroxylation is 2. The fourth-order valence-corrected chi connectivity index (χ4v) is 6.14. The largest absolute Gasteiger partial charge is 0.491 e. The molecule has 0 bridgehead atoms. The highest BCUT2D eigenvalue weighted by Gasteiger charge is 2.23. The number of amides is 1. The van der Waals surface area contributed by atoms with Gasteiger partial charge < -0.3 is 14.6 Å². The van der Waals surface area contributed by atoms with Gasteiger partial charge in [-0.3, -0.25) is 4.79 Å². The van der Waals surface area contributed by atoms with E-state index in [0.29, 0.717) is 25.3 Å². The number of aromatic amines is 1. The molecule has 2 heterocycles. The van der Waals surface area contributed by atoms with Crippen LogP contribution < -0.4 is 4.74 Å². The molecule has 1 aromatic heterocycles. The Morgan fingerprint density at radius 3 is 2.28 bits per heavy atom. The minimum atomic E-state index is -3.66. The lowest BCUT2D eigenvalue weighted by Crippen LogP contribution is -2.32. The lowest BCUT2D eigenvalue weighted by atomic mass is 10.0. The molecule has 8 heteroatoms. The maximum Gasteiger partial charge on any atom is 0.254 e. The van der Waals surface area contributed by atoms with Gasteiger partial charge in [-0.2, -0.15) is 0 Å². The van der Waals surface area contributed by atoms with Crippen molar-refractivity contribution in [2.75, 3.05) is 13.2 Å². The summed E-state index contributed by atoms with van der Waals surface area (Å²) in [6.07, 6.45) is 0. The molecule has 0 radical (unpaired) electrons. The molecule has 0 atom stereocenters. The van der Waals surface area contributed by atoms with Gasteiger partial charge >= 0.3 is 0 Å². The molecule has 7 nitrogen and oxygen atoms in total. The number of fused-ring (bicyclic) bond motifs is 2. The van der Waals surface area contributed by atoms with Crippen molar-refractivity contribution in [1.29, 1.82) is 0 Å². The van der Waals surface area contributed by atoms with Gasteiger partial charge in [0.25, 0.3) is 5.91 Å². The number of sulfone groups is 1. The highest BCUT2D eigenvalue weighted by Crippen LogP contribution is 2.31. The third kappa shape index (κ3) is 4.79. The minimum absolute atomic E-state index is 0.154. The lowest BCUT2D eigenvalue weighted by molar-refractivity contribution is 0.0733. The average molecular weight is 538 g/mol. The van der Waals surface area contributed by atoms with Crippen molar-refractivity contribution in [2.45, 2.75) is 30.2 Å². The van der Waals surface area contributed by atoms with Crippen molar-refractivity contribution < 1.29 is 17.9 Å². The van der Waals surface area contributed by atoms with Crippen LogP contribution in [0, 0.1) is 13.8 Å². The second-order valence-electron chi connectivity index (χ2n) is 9.79. The summed E-state index contributed by atoms with van der Waals surface area (Å²) in [5, 5.41) is 0. The molecule has 0 fully saturated rings. The summed E-state index contributed by atoms with van der Waals surface area (Å²) in [5.41, 5.74) is 6.28. The van der Waals surface area contributed by atoms with Crippen LogP contribution in [0.15, 0.2) is 94.7 Å². The Kier molecular flexibility index (Phi) is 6.19. The van der Waals surface area contributed by atoms with Crippen molar-refractivity contribution in [3.63, 3.8) is 0 Å². The first-order valence-electron chi connectivity index (χ1n) is 12.7. The quantitative estimate of drug-likeness (QED) is 0.317. The van der Waals surface area contributed by atoms with Gasteiger partial charge in [-0.1, -0.05) is 29.8 Å². The molecule has 0 unspecified atom stereocenters. The number of rotatable bonds is 4. The van der Waals surface area contributed by atoms with Gasteiger partial charge in [0, 0.05) is 17.7 Å². The third-order valence-corrected chi connectivity index (χ3v) is 8.79. The highest BCUT2D eigenvalue weighted by atomic mass is 32.2. The third-order valence-electron chi connectivity index (χ3n) is 7.00. The van der Waals surface area contributed by atoms with Gasteiger partial charge in [0.15, 0.2) is 0 Å². The molecule has 0 saturated carbocycles. The predicted octanol–water partition coefficient (Wildman–Crippen LogP) is 5.71. The molecule has 39 heavy (non-hydrogen) atoms. The van der Waals surface area contributed by atoms with Crippen LogP contribution in [0.5, 0.6) is 5.75 Å². The zero-order valence-corrected chi connectivity index (χ0v) is 22.5. The maximum absolute atomic E-state index is 13.4. The van der Waals surface area contributed by atoms with Gasteiger partial charge in [0.2, 0.25) is 9.84 Å². The first kappa shape index (κ1) is 24.9. The number of benzene rings is 4. The monoisotopic (exact) mass is 537 g/mol. The van der Waals surface area contributed by atoms with Gasteiger partial charge in [0.1, 0.15) is 18.2 Å². The molecule has 1 aliphatic rings. The van der Waals surface area contributed by atoms with Crippen LogP contribution in [0.25, 0.3) is 22.2 Å². The zero-order chi connectivity index (χ0) is 27.1. The van der Waals surface area contributed by atoms with Gasteiger partial charge in [-0.05, 0) is 85.6 Å². The van der Waals surface area contributed by atoms with E-state index in [0.717, 1.165) is 44.9 Å². The molecular weight excluding hydrogens is 510 g/mol. The van der Waals surface area contributed by atoms with Crippen molar-refractivity contribution in [2.24, 2.45) is 0 Å². The van der Waals surface area contributed by atoms with E-state index in [4.69, 9.17) is 4.74 Å². The summed E-state index contributed by atoms with van der Waals surface area (Å²) >= 11 is 0. The molecule has 6 rings (SSSR count). The number of aromatic nitrogens is 2. The van der Waals surface area contributed by atoms with E-state index in [-0.39, 0.29) is 15.7 Å². The Hall–Kier alpha value is -4.43. The van der Waals surface area contributed by atoms with Crippen LogP contribution in [0.4, 0.5) is 0 Å². The van der Waals surface area contributed by atoms with E-state index in [1.165, 1.54) is 12.1 Å². The summed E-state index contributed by atoms with van der Waals surface area (Å²) in [6.45, 7) is 5.02. The van der Waals surface area contributed by atoms with E-state index < -0.39 is 9.84 Å². The summed E-state index contributed by atoms with van der Waals surface area (Å²) in [5.74, 6) is 1.45. The standard InChI is InChI=1S/C31H27N3O4S/c1-20-3-9-26(10-4-20)39(36,37)27-11-5-22(6-12-27)31(35)34-15-16-38-30-14-8-23(17-25(30)19-34)24-7-13-28-29(18-24)33-21(2)32-28/h3-14,17-18H,15-16,19H2,1-2H3,(H,32,33). The molecule has 0 spiro atoms. The number of carbonyl (C=O) groups is 1. The van der Waals surface area contributed by atoms with Crippen molar-refractivity contribution in [1.82, 2.24) is 14.9 Å². The van der Waals surface area contributed by atoms with Crippen molar-refractivity contribution in [3.05, 3.63) is 107 Å². The minimum Gasteiger partial charge on any atom is -0.491 e. The van der Waals surface area contributed by atoms with Gasteiger partial charge in [-0.15, -0.1) is 0 Å². The van der Waals surface area contributed by atoms with Crippen LogP contribution in [-0.4, -0.2) is 42.3 Å². The number of hydrogen-bond donors (Lipinski definition) is 1. The van der Waals surface area contributed by atoms with E-state index >= 15 is 0 Å². The number of hydrogen-bond acceptors (Lipinski definition) is 5. The highest BCUT2D eigenvalue weighted by molar-refractivity contribution is 7.91. The summed E-state index contributed by atoms with van der Waals surface area (Å²) < 4.78 is 32.0. The van der Waals surface area contributed by atoms with Crippen LogP contribution >= 0.6 is 0 Å². The SMILES string of the molecule is Cc1ccc(S(=O)(=O)c2ccc(C(=O)N3CCOc4ccc(-c5ccc6nc(C)[nH]c6c5)cc4C3)cc2)cc1. The van der Waals surface area contributed by atoms with Gasteiger partial charge in [0.05, 0.1) is 27.4 Å². The Morgan fingerprint density at radius 2 is 1.54 bits per heavy atom. The molecule has 1 N–H and O–H groups in total. The Bertz CT molecular complexity index is 1810. The normalized spacial score (nSPS) is 13.5. The molecule has 196 valence electrons. The average Bonchev–Trinajstić information content (AvgIpc) is 3.18. The van der Waals surface area contributed by atoms with E-state index in [9.17, 15) is 13.2 Å². The van der Waals surface area contributed by atoms with Crippen LogP contribution in [0.2, 0.25) is 0 Å². The van der Waals surface area contributed by atoms with Gasteiger partial charge in [-0.25, -0.2) is 13.4 Å². The van der Waals surface area contributed by atoms with Crippen molar-refractivity contribution >= 4 is 26.8 Å². The number of ether oxygens (including phenoxy) is 1. The summed E-state index contributed by atoms with van der Waals surface area (Å²) in [6, 6.07) is 25.0. The maximum atomic E-state index is 13.4. The van der Waals surface area contributed by atoms with E-state index in [1.54, 1.807) is 41.3 Å². The Morgan fingerprint density at radius 1 is 0.872 bits per heavy atom. The molecule has 1 amide bonds. The smallest absolute Gasteiger partial charge is 0.254 e. The summed E-state index contributed by atoms with van der Waals surface area (Å²) in [7, 11) is -3.66. The van der Waals surface area contributed by atoms with Crippen LogP contribution in [-0.2, 0) is 16.4 Å². The lowest BCUT2D eigenvalue weighted by Gasteiger charge is -2.20.